The quantitative estimate of drug-likeness (QED) is 0.877. The number of nitrogens with zero attached hydrogens (tertiary/aromatic N) is 1. The molecule has 0 spiro atoms. The second kappa shape index (κ2) is 7.08. The molecule has 0 radical (unpaired) electrons. The molecule has 0 aliphatic carbocycles. The van der Waals surface area contributed by atoms with E-state index in [2.05, 4.69) is 17.0 Å². The molecule has 20 heavy (non-hydrogen) atoms. The SMILES string of the molecule is COc1cccc([C@H](O)CN(C)Cc2ccccc2)c1. The summed E-state index contributed by atoms with van der Waals surface area (Å²) in [7, 11) is 3.64. The first-order valence-corrected chi connectivity index (χ1v) is 6.73. The third kappa shape index (κ3) is 4.08. The molecule has 2 rings (SSSR count). The van der Waals surface area contributed by atoms with Gasteiger partial charge >= 0.3 is 0 Å². The van der Waals surface area contributed by atoms with Gasteiger partial charge in [-0.2, -0.15) is 0 Å². The van der Waals surface area contributed by atoms with Crippen LogP contribution in [0.4, 0.5) is 0 Å². The van der Waals surface area contributed by atoms with E-state index in [-0.39, 0.29) is 0 Å². The lowest BCUT2D eigenvalue weighted by atomic mass is 10.1. The lowest BCUT2D eigenvalue weighted by Gasteiger charge is -2.21. The van der Waals surface area contributed by atoms with Gasteiger partial charge in [0, 0.05) is 13.1 Å². The third-order valence-electron chi connectivity index (χ3n) is 3.26. The predicted octanol–water partition coefficient (Wildman–Crippen LogP) is 2.86. The predicted molar refractivity (Wildman–Crippen MR) is 80.7 cm³/mol. The number of aliphatic hydroxyl groups is 1. The van der Waals surface area contributed by atoms with Crippen LogP contribution in [0.25, 0.3) is 0 Å². The van der Waals surface area contributed by atoms with Crippen molar-refractivity contribution in [1.82, 2.24) is 4.90 Å². The summed E-state index contributed by atoms with van der Waals surface area (Å²) in [6.07, 6.45) is -0.515. The van der Waals surface area contributed by atoms with Crippen LogP contribution in [0.3, 0.4) is 0 Å². The van der Waals surface area contributed by atoms with Crippen molar-refractivity contribution in [3.8, 4) is 5.75 Å². The fourth-order valence-corrected chi connectivity index (χ4v) is 2.21. The van der Waals surface area contributed by atoms with Crippen LogP contribution >= 0.6 is 0 Å². The highest BCUT2D eigenvalue weighted by Crippen LogP contribution is 2.20. The van der Waals surface area contributed by atoms with Gasteiger partial charge in [0.2, 0.25) is 0 Å². The van der Waals surface area contributed by atoms with E-state index in [4.69, 9.17) is 4.74 Å². The minimum atomic E-state index is -0.515. The first kappa shape index (κ1) is 14.6. The average Bonchev–Trinajstić information content (AvgIpc) is 2.48. The summed E-state index contributed by atoms with van der Waals surface area (Å²) in [5.41, 5.74) is 2.12. The van der Waals surface area contributed by atoms with Crippen LogP contribution in [0.2, 0.25) is 0 Å². The highest BCUT2D eigenvalue weighted by atomic mass is 16.5. The van der Waals surface area contributed by atoms with Gasteiger partial charge in [0.1, 0.15) is 5.75 Å². The largest absolute Gasteiger partial charge is 0.497 e. The van der Waals surface area contributed by atoms with E-state index in [0.717, 1.165) is 17.9 Å². The Labute approximate surface area is 120 Å². The molecule has 1 atom stereocenters. The normalized spacial score (nSPS) is 12.4. The molecule has 0 aliphatic heterocycles. The summed E-state index contributed by atoms with van der Waals surface area (Å²) >= 11 is 0. The number of hydrogen-bond donors (Lipinski definition) is 1. The Morgan fingerprint density at radius 3 is 2.55 bits per heavy atom. The summed E-state index contributed by atoms with van der Waals surface area (Å²) in [4.78, 5) is 2.11. The van der Waals surface area contributed by atoms with Crippen molar-refractivity contribution in [2.45, 2.75) is 12.6 Å². The zero-order valence-electron chi connectivity index (χ0n) is 12.0. The van der Waals surface area contributed by atoms with Gasteiger partial charge in [-0.15, -0.1) is 0 Å². The van der Waals surface area contributed by atoms with E-state index in [1.165, 1.54) is 5.56 Å². The molecule has 0 saturated heterocycles. The molecule has 2 aromatic carbocycles. The van der Waals surface area contributed by atoms with Crippen LogP contribution in [0.5, 0.6) is 5.75 Å². The standard InChI is InChI=1S/C17H21NO2/c1-18(12-14-7-4-3-5-8-14)13-17(19)15-9-6-10-16(11-15)20-2/h3-11,17,19H,12-13H2,1-2H3/t17-/m1/s1. The van der Waals surface area contributed by atoms with E-state index in [1.807, 2.05) is 49.5 Å². The number of ether oxygens (including phenoxy) is 1. The van der Waals surface area contributed by atoms with Crippen molar-refractivity contribution in [2.24, 2.45) is 0 Å². The Balaban J connectivity index is 1.94. The maximum Gasteiger partial charge on any atom is 0.119 e. The van der Waals surface area contributed by atoms with Gasteiger partial charge in [-0.1, -0.05) is 42.5 Å². The van der Waals surface area contributed by atoms with E-state index >= 15 is 0 Å². The molecule has 106 valence electrons. The van der Waals surface area contributed by atoms with Crippen LogP contribution in [-0.4, -0.2) is 30.7 Å². The Morgan fingerprint density at radius 2 is 1.85 bits per heavy atom. The van der Waals surface area contributed by atoms with Crippen molar-refractivity contribution in [2.75, 3.05) is 20.7 Å². The molecule has 0 bridgehead atoms. The van der Waals surface area contributed by atoms with Gasteiger partial charge in [0.15, 0.2) is 0 Å². The van der Waals surface area contributed by atoms with Crippen LogP contribution in [0.1, 0.15) is 17.2 Å². The maximum absolute atomic E-state index is 10.3. The van der Waals surface area contributed by atoms with Gasteiger partial charge in [0.05, 0.1) is 13.2 Å². The molecule has 0 aromatic heterocycles. The number of methoxy groups -OCH3 is 1. The minimum Gasteiger partial charge on any atom is -0.497 e. The van der Waals surface area contributed by atoms with E-state index < -0.39 is 6.10 Å². The highest BCUT2D eigenvalue weighted by Gasteiger charge is 2.11. The molecule has 0 amide bonds. The van der Waals surface area contributed by atoms with Gasteiger partial charge in [-0.3, -0.25) is 4.90 Å². The van der Waals surface area contributed by atoms with Crippen LogP contribution in [0, 0.1) is 0 Å². The second-order valence-corrected chi connectivity index (χ2v) is 4.97. The monoisotopic (exact) mass is 271 g/mol. The van der Waals surface area contributed by atoms with Crippen molar-refractivity contribution in [3.05, 3.63) is 65.7 Å². The fourth-order valence-electron chi connectivity index (χ4n) is 2.21. The van der Waals surface area contributed by atoms with Crippen LogP contribution in [0.15, 0.2) is 54.6 Å². The lowest BCUT2D eigenvalue weighted by molar-refractivity contribution is 0.123. The minimum absolute atomic E-state index is 0.515. The summed E-state index contributed by atoms with van der Waals surface area (Å²) in [6.45, 7) is 1.41. The number of rotatable bonds is 6. The number of aliphatic hydroxyl groups excluding tert-OH is 1. The smallest absolute Gasteiger partial charge is 0.119 e. The van der Waals surface area contributed by atoms with E-state index in [0.29, 0.717) is 6.54 Å². The lowest BCUT2D eigenvalue weighted by Crippen LogP contribution is -2.24. The van der Waals surface area contributed by atoms with E-state index in [9.17, 15) is 5.11 Å². The Hall–Kier alpha value is -1.84. The zero-order chi connectivity index (χ0) is 14.4. The molecule has 0 unspecified atom stereocenters. The maximum atomic E-state index is 10.3. The summed E-state index contributed by atoms with van der Waals surface area (Å²) in [5.74, 6) is 0.771. The number of hydrogen-bond acceptors (Lipinski definition) is 3. The zero-order valence-corrected chi connectivity index (χ0v) is 12.0. The van der Waals surface area contributed by atoms with Crippen molar-refractivity contribution >= 4 is 0 Å². The molecule has 0 heterocycles. The summed E-state index contributed by atoms with van der Waals surface area (Å²) in [5, 5.41) is 10.3. The van der Waals surface area contributed by atoms with Crippen molar-refractivity contribution in [1.29, 1.82) is 0 Å². The van der Waals surface area contributed by atoms with Gasteiger partial charge in [-0.25, -0.2) is 0 Å². The first-order valence-electron chi connectivity index (χ1n) is 6.73. The Kier molecular flexibility index (Phi) is 5.16. The second-order valence-electron chi connectivity index (χ2n) is 4.97. The Bertz CT molecular complexity index is 528. The molecular weight excluding hydrogens is 250 g/mol. The first-order chi connectivity index (χ1) is 9.69. The van der Waals surface area contributed by atoms with Crippen molar-refractivity contribution < 1.29 is 9.84 Å². The van der Waals surface area contributed by atoms with Crippen LogP contribution < -0.4 is 4.74 Å². The molecule has 0 saturated carbocycles. The van der Waals surface area contributed by atoms with E-state index in [1.54, 1.807) is 7.11 Å². The Morgan fingerprint density at radius 1 is 1.10 bits per heavy atom. The average molecular weight is 271 g/mol. The molecular formula is C17H21NO2. The molecule has 3 nitrogen and oxygen atoms in total. The van der Waals surface area contributed by atoms with Gasteiger partial charge in [-0.05, 0) is 30.3 Å². The number of likely N-dealkylation sites (N-methyl/N-ethyl adjacent to an activating group) is 1. The molecule has 0 aliphatic rings. The summed E-state index contributed by atoms with van der Waals surface area (Å²) < 4.78 is 5.18. The van der Waals surface area contributed by atoms with Gasteiger partial charge in [0.25, 0.3) is 0 Å². The molecule has 3 heteroatoms. The highest BCUT2D eigenvalue weighted by molar-refractivity contribution is 5.30. The van der Waals surface area contributed by atoms with Crippen LogP contribution in [-0.2, 0) is 6.54 Å². The topological polar surface area (TPSA) is 32.7 Å². The molecule has 2 aromatic rings. The molecule has 0 fully saturated rings. The molecule has 1 N–H and O–H groups in total. The van der Waals surface area contributed by atoms with Crippen molar-refractivity contribution in [3.63, 3.8) is 0 Å². The number of benzene rings is 2. The summed E-state index contributed by atoms with van der Waals surface area (Å²) in [6, 6.07) is 17.8. The van der Waals surface area contributed by atoms with Gasteiger partial charge < -0.3 is 9.84 Å². The fraction of sp³-hybridized carbons (Fsp3) is 0.294. The third-order valence-corrected chi connectivity index (χ3v) is 3.26.